The number of benzene rings is 1. The molecule has 0 saturated carbocycles. The van der Waals surface area contributed by atoms with Crippen LogP contribution in [-0.2, 0) is 11.3 Å². The highest BCUT2D eigenvalue weighted by molar-refractivity contribution is 5.81. The van der Waals surface area contributed by atoms with Gasteiger partial charge in [0.15, 0.2) is 0 Å². The SMILES string of the molecule is COc1cccc(CN(C)C(=O)C2C=CC(N)C2)c1. The number of carbonyl (C=O) groups excluding carboxylic acids is 1. The molecular weight excluding hydrogens is 240 g/mol. The predicted molar refractivity (Wildman–Crippen MR) is 74.7 cm³/mol. The Labute approximate surface area is 113 Å². The number of methoxy groups -OCH3 is 1. The van der Waals surface area contributed by atoms with Crippen LogP contribution in [-0.4, -0.2) is 31.0 Å². The summed E-state index contributed by atoms with van der Waals surface area (Å²) >= 11 is 0. The lowest BCUT2D eigenvalue weighted by molar-refractivity contribution is -0.133. The Hall–Kier alpha value is -1.81. The second-order valence-corrected chi connectivity index (χ2v) is 4.94. The van der Waals surface area contributed by atoms with Gasteiger partial charge >= 0.3 is 0 Å². The van der Waals surface area contributed by atoms with Gasteiger partial charge in [0.2, 0.25) is 5.91 Å². The van der Waals surface area contributed by atoms with Crippen LogP contribution >= 0.6 is 0 Å². The van der Waals surface area contributed by atoms with Crippen LogP contribution in [0, 0.1) is 5.92 Å². The minimum Gasteiger partial charge on any atom is -0.497 e. The van der Waals surface area contributed by atoms with Crippen LogP contribution in [0.3, 0.4) is 0 Å². The first-order valence-corrected chi connectivity index (χ1v) is 6.42. The molecule has 4 nitrogen and oxygen atoms in total. The summed E-state index contributed by atoms with van der Waals surface area (Å²) < 4.78 is 5.18. The van der Waals surface area contributed by atoms with E-state index in [0.717, 1.165) is 11.3 Å². The minimum atomic E-state index is -0.0781. The third kappa shape index (κ3) is 3.35. The maximum Gasteiger partial charge on any atom is 0.229 e. The zero-order valence-corrected chi connectivity index (χ0v) is 11.4. The monoisotopic (exact) mass is 260 g/mol. The Balaban J connectivity index is 1.98. The van der Waals surface area contributed by atoms with Crippen molar-refractivity contribution in [3.05, 3.63) is 42.0 Å². The summed E-state index contributed by atoms with van der Waals surface area (Å²) in [5, 5.41) is 0. The number of ether oxygens (including phenoxy) is 1. The van der Waals surface area contributed by atoms with Crippen molar-refractivity contribution in [3.63, 3.8) is 0 Å². The van der Waals surface area contributed by atoms with Crippen molar-refractivity contribution in [1.29, 1.82) is 0 Å². The van der Waals surface area contributed by atoms with E-state index in [4.69, 9.17) is 10.5 Å². The number of carbonyl (C=O) groups is 1. The van der Waals surface area contributed by atoms with Gasteiger partial charge in [-0.15, -0.1) is 0 Å². The molecule has 0 heterocycles. The fourth-order valence-corrected chi connectivity index (χ4v) is 2.32. The summed E-state index contributed by atoms with van der Waals surface area (Å²) in [6.07, 6.45) is 4.53. The Morgan fingerprint density at radius 1 is 1.47 bits per heavy atom. The maximum absolute atomic E-state index is 12.2. The van der Waals surface area contributed by atoms with Crippen molar-refractivity contribution in [3.8, 4) is 5.75 Å². The van der Waals surface area contributed by atoms with Crippen LogP contribution in [0.25, 0.3) is 0 Å². The second-order valence-electron chi connectivity index (χ2n) is 4.94. The molecule has 0 radical (unpaired) electrons. The van der Waals surface area contributed by atoms with Crippen molar-refractivity contribution in [2.75, 3.05) is 14.2 Å². The maximum atomic E-state index is 12.2. The lowest BCUT2D eigenvalue weighted by Crippen LogP contribution is -2.32. The van der Waals surface area contributed by atoms with Gasteiger partial charge in [0.05, 0.1) is 13.0 Å². The Morgan fingerprint density at radius 2 is 2.26 bits per heavy atom. The molecule has 0 saturated heterocycles. The number of rotatable bonds is 4. The fraction of sp³-hybridized carbons (Fsp3) is 0.400. The molecule has 2 unspecified atom stereocenters. The largest absolute Gasteiger partial charge is 0.497 e. The molecule has 1 amide bonds. The molecule has 0 bridgehead atoms. The van der Waals surface area contributed by atoms with Gasteiger partial charge in [0.25, 0.3) is 0 Å². The molecule has 4 heteroatoms. The average Bonchev–Trinajstić information content (AvgIpc) is 2.84. The smallest absolute Gasteiger partial charge is 0.229 e. The molecular formula is C15H20N2O2. The number of hydrogen-bond acceptors (Lipinski definition) is 3. The molecule has 0 aliphatic heterocycles. The lowest BCUT2D eigenvalue weighted by atomic mass is 10.1. The lowest BCUT2D eigenvalue weighted by Gasteiger charge is -2.21. The molecule has 19 heavy (non-hydrogen) atoms. The average molecular weight is 260 g/mol. The number of nitrogens with zero attached hydrogens (tertiary/aromatic N) is 1. The van der Waals surface area contributed by atoms with Gasteiger partial charge in [-0.05, 0) is 24.1 Å². The molecule has 0 spiro atoms. The third-order valence-corrected chi connectivity index (χ3v) is 3.36. The van der Waals surface area contributed by atoms with E-state index in [2.05, 4.69) is 0 Å². The van der Waals surface area contributed by atoms with Crippen LogP contribution in [0.5, 0.6) is 5.75 Å². The minimum absolute atomic E-state index is 0.0131. The Bertz CT molecular complexity index is 485. The van der Waals surface area contributed by atoms with E-state index in [0.29, 0.717) is 13.0 Å². The summed E-state index contributed by atoms with van der Waals surface area (Å²) in [5.74, 6) is 0.846. The van der Waals surface area contributed by atoms with Crippen LogP contribution < -0.4 is 10.5 Å². The first-order valence-electron chi connectivity index (χ1n) is 6.42. The van der Waals surface area contributed by atoms with E-state index in [-0.39, 0.29) is 17.9 Å². The van der Waals surface area contributed by atoms with E-state index in [1.165, 1.54) is 0 Å². The molecule has 0 fully saturated rings. The van der Waals surface area contributed by atoms with E-state index in [1.807, 2.05) is 43.5 Å². The van der Waals surface area contributed by atoms with Crippen LogP contribution in [0.15, 0.2) is 36.4 Å². The molecule has 1 aliphatic carbocycles. The molecule has 1 aliphatic rings. The third-order valence-electron chi connectivity index (χ3n) is 3.36. The van der Waals surface area contributed by atoms with Crippen molar-refractivity contribution >= 4 is 5.91 Å². The molecule has 1 aromatic carbocycles. The molecule has 0 aromatic heterocycles. The highest BCUT2D eigenvalue weighted by atomic mass is 16.5. The quantitative estimate of drug-likeness (QED) is 0.836. The Morgan fingerprint density at radius 3 is 2.89 bits per heavy atom. The van der Waals surface area contributed by atoms with Gasteiger partial charge in [-0.3, -0.25) is 4.79 Å². The van der Waals surface area contributed by atoms with Gasteiger partial charge in [-0.25, -0.2) is 0 Å². The zero-order valence-electron chi connectivity index (χ0n) is 11.4. The van der Waals surface area contributed by atoms with Crippen LogP contribution in [0.1, 0.15) is 12.0 Å². The summed E-state index contributed by atoms with van der Waals surface area (Å²) in [6.45, 7) is 0.579. The van der Waals surface area contributed by atoms with Crippen molar-refractivity contribution in [1.82, 2.24) is 4.90 Å². The molecule has 2 rings (SSSR count). The first kappa shape index (κ1) is 13.6. The molecule has 2 atom stereocenters. The van der Waals surface area contributed by atoms with E-state index >= 15 is 0 Å². The topological polar surface area (TPSA) is 55.6 Å². The van der Waals surface area contributed by atoms with Crippen molar-refractivity contribution in [2.24, 2.45) is 11.7 Å². The Kier molecular flexibility index (Phi) is 4.22. The van der Waals surface area contributed by atoms with Crippen molar-refractivity contribution in [2.45, 2.75) is 19.0 Å². The highest BCUT2D eigenvalue weighted by Gasteiger charge is 2.25. The normalized spacial score (nSPS) is 21.4. The standard InChI is InChI=1S/C15H20N2O2/c1-17(15(18)12-6-7-13(16)9-12)10-11-4-3-5-14(8-11)19-2/h3-8,12-13H,9-10,16H2,1-2H3. The van der Waals surface area contributed by atoms with E-state index in [9.17, 15) is 4.79 Å². The van der Waals surface area contributed by atoms with Gasteiger partial charge in [0, 0.05) is 19.6 Å². The van der Waals surface area contributed by atoms with Gasteiger partial charge in [0.1, 0.15) is 5.75 Å². The molecule has 2 N–H and O–H groups in total. The molecule has 1 aromatic rings. The predicted octanol–water partition coefficient (Wildman–Crippen LogP) is 1.56. The second kappa shape index (κ2) is 5.89. The summed E-state index contributed by atoms with van der Waals surface area (Å²) in [4.78, 5) is 14.0. The van der Waals surface area contributed by atoms with Crippen LogP contribution in [0.4, 0.5) is 0 Å². The fourth-order valence-electron chi connectivity index (χ4n) is 2.32. The van der Waals surface area contributed by atoms with E-state index < -0.39 is 0 Å². The van der Waals surface area contributed by atoms with Crippen molar-refractivity contribution < 1.29 is 9.53 Å². The highest BCUT2D eigenvalue weighted by Crippen LogP contribution is 2.20. The number of hydrogen-bond donors (Lipinski definition) is 1. The van der Waals surface area contributed by atoms with Crippen LogP contribution in [0.2, 0.25) is 0 Å². The summed E-state index contributed by atoms with van der Waals surface area (Å²) in [5.41, 5.74) is 6.84. The molecule has 102 valence electrons. The first-order chi connectivity index (χ1) is 9.10. The van der Waals surface area contributed by atoms with Gasteiger partial charge in [-0.2, -0.15) is 0 Å². The number of nitrogens with two attached hydrogens (primary N) is 1. The summed E-state index contributed by atoms with van der Waals surface area (Å²) in [7, 11) is 3.46. The zero-order chi connectivity index (χ0) is 13.8. The number of amides is 1. The van der Waals surface area contributed by atoms with Gasteiger partial charge in [-0.1, -0.05) is 24.3 Å². The van der Waals surface area contributed by atoms with E-state index in [1.54, 1.807) is 12.0 Å². The van der Waals surface area contributed by atoms with Gasteiger partial charge < -0.3 is 15.4 Å². The summed E-state index contributed by atoms with van der Waals surface area (Å²) in [6, 6.07) is 7.77.